The molecule has 1 aromatic heterocycles. The Balaban J connectivity index is 1.62. The van der Waals surface area contributed by atoms with Crippen LogP contribution in [-0.2, 0) is 13.8 Å². The zero-order valence-electron chi connectivity index (χ0n) is 22.2. The van der Waals surface area contributed by atoms with E-state index >= 15 is 0 Å². The average molecular weight is 531 g/mol. The molecule has 0 radical (unpaired) electrons. The van der Waals surface area contributed by atoms with E-state index in [0.717, 1.165) is 19.3 Å². The first kappa shape index (κ1) is 31.0. The fourth-order valence-electron chi connectivity index (χ4n) is 4.72. The van der Waals surface area contributed by atoms with Crippen LogP contribution in [0.25, 0.3) is 0 Å². The van der Waals surface area contributed by atoms with E-state index in [1.807, 2.05) is 0 Å². The Hall–Kier alpha value is -1.25. The summed E-state index contributed by atoms with van der Waals surface area (Å²) < 4.78 is 25.1. The predicted molar refractivity (Wildman–Crippen MR) is 142 cm³/mol. The Kier molecular flexibility index (Phi) is 14.2. The molecular formula is C26H47N2O7P. The molecule has 1 saturated heterocycles. The van der Waals surface area contributed by atoms with Crippen LogP contribution in [-0.4, -0.2) is 44.5 Å². The highest BCUT2D eigenvalue weighted by molar-refractivity contribution is 7.52. The molecule has 0 aliphatic carbocycles. The van der Waals surface area contributed by atoms with Gasteiger partial charge in [-0.3, -0.25) is 18.9 Å². The molecule has 9 nitrogen and oxygen atoms in total. The molecule has 1 aromatic rings. The Morgan fingerprint density at radius 3 is 2.06 bits per heavy atom. The molecule has 1 aliphatic heterocycles. The van der Waals surface area contributed by atoms with E-state index in [0.29, 0.717) is 12.0 Å². The number of rotatable bonds is 19. The predicted octanol–water partition coefficient (Wildman–Crippen LogP) is 5.18. The van der Waals surface area contributed by atoms with Crippen molar-refractivity contribution in [2.24, 2.45) is 0 Å². The maximum absolute atomic E-state index is 12.6. The van der Waals surface area contributed by atoms with Crippen molar-refractivity contribution < 1.29 is 23.8 Å². The summed E-state index contributed by atoms with van der Waals surface area (Å²) in [5, 5.41) is 9.65. The van der Waals surface area contributed by atoms with E-state index in [9.17, 15) is 24.2 Å². The SMILES string of the molecule is CCCCCCCCCCCCCCCCP(=O)(O)O[C@H]1C[C@H](n2cc(C)c(=O)[nH]c2=O)O[C@@H]1CO. The molecule has 1 fully saturated rings. The van der Waals surface area contributed by atoms with E-state index in [-0.39, 0.29) is 12.6 Å². The fourth-order valence-corrected chi connectivity index (χ4v) is 6.09. The lowest BCUT2D eigenvalue weighted by Gasteiger charge is -2.20. The van der Waals surface area contributed by atoms with E-state index in [2.05, 4.69) is 11.9 Å². The topological polar surface area (TPSA) is 131 Å². The van der Waals surface area contributed by atoms with Crippen molar-refractivity contribution in [3.05, 3.63) is 32.6 Å². The number of nitrogens with one attached hydrogen (secondary N) is 1. The van der Waals surface area contributed by atoms with Gasteiger partial charge < -0.3 is 19.3 Å². The second kappa shape index (κ2) is 16.6. The first-order valence-electron chi connectivity index (χ1n) is 13.9. The first-order valence-corrected chi connectivity index (χ1v) is 15.6. The third kappa shape index (κ3) is 11.0. The van der Waals surface area contributed by atoms with Gasteiger partial charge in [-0.25, -0.2) is 4.79 Å². The highest BCUT2D eigenvalue weighted by Crippen LogP contribution is 2.48. The number of hydrogen-bond donors (Lipinski definition) is 3. The van der Waals surface area contributed by atoms with E-state index < -0.39 is 43.9 Å². The third-order valence-electron chi connectivity index (χ3n) is 6.91. The molecule has 2 rings (SSSR count). The Labute approximate surface area is 215 Å². The minimum absolute atomic E-state index is 0.0576. The highest BCUT2D eigenvalue weighted by atomic mass is 31.2. The summed E-state index contributed by atoms with van der Waals surface area (Å²) in [6, 6.07) is 0. The number of aryl methyl sites for hydroxylation is 1. The van der Waals surface area contributed by atoms with Gasteiger partial charge in [-0.2, -0.15) is 0 Å². The average Bonchev–Trinajstić information content (AvgIpc) is 3.23. The smallest absolute Gasteiger partial charge is 0.330 e. The van der Waals surface area contributed by atoms with Crippen molar-refractivity contribution in [3.8, 4) is 0 Å². The van der Waals surface area contributed by atoms with Crippen molar-refractivity contribution in [2.75, 3.05) is 12.8 Å². The van der Waals surface area contributed by atoms with Gasteiger partial charge in [0.25, 0.3) is 5.56 Å². The van der Waals surface area contributed by atoms with E-state index in [1.165, 1.54) is 75.0 Å². The molecule has 1 aliphatic rings. The van der Waals surface area contributed by atoms with Gasteiger partial charge in [-0.1, -0.05) is 90.4 Å². The molecule has 0 bridgehead atoms. The van der Waals surface area contributed by atoms with Gasteiger partial charge in [0, 0.05) is 24.3 Å². The van der Waals surface area contributed by atoms with Crippen molar-refractivity contribution in [1.29, 1.82) is 0 Å². The van der Waals surface area contributed by atoms with Crippen LogP contribution in [0.3, 0.4) is 0 Å². The number of aliphatic hydroxyl groups is 1. The number of ether oxygens (including phenoxy) is 1. The molecule has 0 spiro atoms. The molecule has 36 heavy (non-hydrogen) atoms. The Morgan fingerprint density at radius 1 is 1.00 bits per heavy atom. The summed E-state index contributed by atoms with van der Waals surface area (Å²) in [4.78, 5) is 36.3. The summed E-state index contributed by atoms with van der Waals surface area (Å²) in [7, 11) is -3.86. The first-order chi connectivity index (χ1) is 17.3. The molecule has 2 heterocycles. The zero-order chi connectivity index (χ0) is 26.4. The number of H-pyrrole nitrogens is 1. The van der Waals surface area contributed by atoms with Gasteiger partial charge >= 0.3 is 13.3 Å². The summed E-state index contributed by atoms with van der Waals surface area (Å²) >= 11 is 0. The van der Waals surface area contributed by atoms with Crippen LogP contribution in [0.5, 0.6) is 0 Å². The second-order valence-electron chi connectivity index (χ2n) is 10.1. The number of unbranched alkanes of at least 4 members (excludes halogenated alkanes) is 13. The summed E-state index contributed by atoms with van der Waals surface area (Å²) in [6.07, 6.45) is 16.0. The third-order valence-corrected chi connectivity index (χ3v) is 8.39. The quantitative estimate of drug-likeness (QED) is 0.166. The molecule has 3 N–H and O–H groups in total. The molecule has 10 heteroatoms. The minimum Gasteiger partial charge on any atom is -0.394 e. The lowest BCUT2D eigenvalue weighted by molar-refractivity contribution is -0.0432. The zero-order valence-corrected chi connectivity index (χ0v) is 23.1. The number of hydrogen-bond acceptors (Lipinski definition) is 6. The summed E-state index contributed by atoms with van der Waals surface area (Å²) in [5.41, 5.74) is -0.773. The monoisotopic (exact) mass is 530 g/mol. The largest absolute Gasteiger partial charge is 0.394 e. The van der Waals surface area contributed by atoms with Gasteiger partial charge in [0.05, 0.1) is 12.7 Å². The molecular weight excluding hydrogens is 483 g/mol. The minimum atomic E-state index is -3.86. The van der Waals surface area contributed by atoms with Gasteiger partial charge in [-0.05, 0) is 13.3 Å². The van der Waals surface area contributed by atoms with Crippen molar-refractivity contribution in [1.82, 2.24) is 9.55 Å². The van der Waals surface area contributed by atoms with Crippen LogP contribution in [0.15, 0.2) is 15.8 Å². The Morgan fingerprint density at radius 2 is 1.53 bits per heavy atom. The van der Waals surface area contributed by atoms with Crippen LogP contribution in [0.4, 0.5) is 0 Å². The van der Waals surface area contributed by atoms with Crippen LogP contribution >= 0.6 is 7.60 Å². The van der Waals surface area contributed by atoms with Crippen molar-refractivity contribution >= 4 is 7.60 Å². The second-order valence-corrected chi connectivity index (χ2v) is 12.1. The van der Waals surface area contributed by atoms with E-state index in [1.54, 1.807) is 6.92 Å². The normalized spacial score (nSPS) is 21.6. The number of aliphatic hydroxyl groups excluding tert-OH is 1. The van der Waals surface area contributed by atoms with Gasteiger partial charge in [0.1, 0.15) is 12.3 Å². The molecule has 0 amide bonds. The van der Waals surface area contributed by atoms with Crippen LogP contribution in [0.2, 0.25) is 0 Å². The number of aromatic amines is 1. The molecule has 4 atom stereocenters. The number of nitrogens with zero attached hydrogens (tertiary/aromatic N) is 1. The van der Waals surface area contributed by atoms with Crippen molar-refractivity contribution in [2.45, 2.75) is 129 Å². The number of aromatic nitrogens is 2. The van der Waals surface area contributed by atoms with Crippen LogP contribution < -0.4 is 11.2 Å². The van der Waals surface area contributed by atoms with Crippen LogP contribution in [0.1, 0.15) is 115 Å². The molecule has 0 aromatic carbocycles. The molecule has 0 saturated carbocycles. The van der Waals surface area contributed by atoms with Crippen molar-refractivity contribution in [3.63, 3.8) is 0 Å². The lowest BCUT2D eigenvalue weighted by Crippen LogP contribution is -2.33. The maximum Gasteiger partial charge on any atom is 0.330 e. The summed E-state index contributed by atoms with van der Waals surface area (Å²) in [5.74, 6) is 0. The Bertz CT molecular complexity index is 916. The lowest BCUT2D eigenvalue weighted by atomic mass is 10.0. The van der Waals surface area contributed by atoms with Gasteiger partial charge in [0.15, 0.2) is 0 Å². The maximum atomic E-state index is 12.6. The summed E-state index contributed by atoms with van der Waals surface area (Å²) in [6.45, 7) is 3.41. The molecule has 208 valence electrons. The van der Waals surface area contributed by atoms with E-state index in [4.69, 9.17) is 9.26 Å². The van der Waals surface area contributed by atoms with Gasteiger partial charge in [0.2, 0.25) is 0 Å². The standard InChI is InChI=1S/C26H47N2O7P/c1-3-4-5-6-7-8-9-10-11-12-13-14-15-16-17-36(32,33)35-22-18-24(34-23(22)20-29)28-19-21(2)25(30)27-26(28)31/h19,22-24,29H,3-18,20H2,1-2H3,(H,32,33)(H,27,30,31)/t22-,23+,24+/m0/s1. The molecule has 1 unspecified atom stereocenters. The van der Waals surface area contributed by atoms with Crippen LogP contribution in [0, 0.1) is 6.92 Å². The fraction of sp³-hybridized carbons (Fsp3) is 0.846. The van der Waals surface area contributed by atoms with Gasteiger partial charge in [-0.15, -0.1) is 0 Å². The highest BCUT2D eigenvalue weighted by Gasteiger charge is 2.40.